The van der Waals surface area contributed by atoms with Gasteiger partial charge < -0.3 is 15.7 Å². The van der Waals surface area contributed by atoms with Gasteiger partial charge in [-0.1, -0.05) is 0 Å². The number of hydrogen-bond acceptors (Lipinski definition) is 6. The number of aromatic amines is 3. The van der Waals surface area contributed by atoms with Gasteiger partial charge in [-0.05, 0) is 0 Å². The van der Waals surface area contributed by atoms with Crippen LogP contribution in [0.3, 0.4) is 0 Å². The van der Waals surface area contributed by atoms with Gasteiger partial charge in [-0.3, -0.25) is 9.78 Å². The number of anilines is 1. The van der Waals surface area contributed by atoms with Crippen molar-refractivity contribution < 1.29 is 0 Å². The van der Waals surface area contributed by atoms with Crippen LogP contribution in [-0.4, -0.2) is 29.9 Å². The first kappa shape index (κ1) is 11.5. The zero-order valence-electron chi connectivity index (χ0n) is 9.04. The number of nitrogens with zero attached hydrogens (tertiary/aromatic N) is 3. The molecule has 0 radical (unpaired) electrons. The van der Waals surface area contributed by atoms with E-state index in [1.807, 2.05) is 0 Å². The van der Waals surface area contributed by atoms with Crippen molar-refractivity contribution in [2.45, 2.75) is 0 Å². The molecule has 9 nitrogen and oxygen atoms in total. The molecule has 5 N–H and O–H groups in total. The summed E-state index contributed by atoms with van der Waals surface area (Å²) in [5.74, 6) is 0.168. The highest BCUT2D eigenvalue weighted by molar-refractivity contribution is 5.80. The second-order valence-electron chi connectivity index (χ2n) is 3.15. The van der Waals surface area contributed by atoms with E-state index in [4.69, 9.17) is 5.73 Å². The third kappa shape index (κ3) is 2.58. The average Bonchev–Trinajstić information content (AvgIpc) is 2.79. The molecule has 0 saturated carbocycles. The summed E-state index contributed by atoms with van der Waals surface area (Å²) in [6, 6.07) is 1.36. The Bertz CT molecular complexity index is 739. The molecule has 0 bridgehead atoms. The summed E-state index contributed by atoms with van der Waals surface area (Å²) in [5, 5.41) is 0. The van der Waals surface area contributed by atoms with Gasteiger partial charge >= 0.3 is 5.69 Å². The number of rotatable bonds is 0. The van der Waals surface area contributed by atoms with E-state index in [9.17, 15) is 9.59 Å². The minimum atomic E-state index is -0.484. The van der Waals surface area contributed by atoms with Crippen molar-refractivity contribution in [3.05, 3.63) is 45.8 Å². The Balaban J connectivity index is 0.000000149. The van der Waals surface area contributed by atoms with Crippen molar-refractivity contribution in [1.82, 2.24) is 29.9 Å². The molecular weight excluding hydrogens is 238 g/mol. The van der Waals surface area contributed by atoms with E-state index >= 15 is 0 Å². The Morgan fingerprint density at radius 3 is 2.61 bits per heavy atom. The molecule has 0 aliphatic heterocycles. The second-order valence-corrected chi connectivity index (χ2v) is 3.15. The Morgan fingerprint density at radius 2 is 2.00 bits per heavy atom. The van der Waals surface area contributed by atoms with Crippen LogP contribution in [0.15, 0.2) is 34.5 Å². The molecule has 3 heterocycles. The smallest absolute Gasteiger partial charge is 0.348 e. The number of nitrogens with one attached hydrogen (secondary N) is 3. The lowest BCUT2D eigenvalue weighted by Crippen LogP contribution is -2.12. The maximum absolute atomic E-state index is 10.7. The number of hydrogen-bond donors (Lipinski definition) is 4. The van der Waals surface area contributed by atoms with Crippen LogP contribution in [0.5, 0.6) is 0 Å². The Hall–Kier alpha value is -2.97. The molecule has 0 amide bonds. The fourth-order valence-electron chi connectivity index (χ4n) is 1.19. The number of nitrogens with two attached hydrogens (primary N) is 1. The lowest BCUT2D eigenvalue weighted by Gasteiger charge is -1.90. The Kier molecular flexibility index (Phi) is 3.14. The summed E-state index contributed by atoms with van der Waals surface area (Å²) < 4.78 is 0. The molecule has 9 heteroatoms. The van der Waals surface area contributed by atoms with Gasteiger partial charge in [-0.25, -0.2) is 9.78 Å². The number of imidazole rings is 1. The van der Waals surface area contributed by atoms with E-state index in [1.165, 1.54) is 24.9 Å². The van der Waals surface area contributed by atoms with Crippen LogP contribution in [0.25, 0.3) is 11.2 Å². The molecule has 0 saturated heterocycles. The summed E-state index contributed by atoms with van der Waals surface area (Å²) in [4.78, 5) is 39.3. The molecule has 0 aromatic carbocycles. The standard InChI is InChI=1S/C5H5N5O.C4H4N2O/c6-3-2-4(8-1-7-2)10-5(11)9-3;7-4-1-2-5-3-6-4/h1H,(H4,6,7,8,9,10,11);1-3H,(H,5,6,7). The van der Waals surface area contributed by atoms with E-state index in [1.54, 1.807) is 0 Å². The minimum Gasteiger partial charge on any atom is -0.382 e. The Labute approximate surface area is 99.1 Å². The average molecular weight is 247 g/mol. The van der Waals surface area contributed by atoms with Crippen molar-refractivity contribution in [2.75, 3.05) is 5.73 Å². The predicted octanol–water partition coefficient (Wildman–Crippen LogP) is -1.00. The summed E-state index contributed by atoms with van der Waals surface area (Å²) in [6.07, 6.45) is 4.33. The third-order valence-corrected chi connectivity index (χ3v) is 1.93. The van der Waals surface area contributed by atoms with Crippen molar-refractivity contribution in [1.29, 1.82) is 0 Å². The summed E-state index contributed by atoms with van der Waals surface area (Å²) in [7, 11) is 0. The van der Waals surface area contributed by atoms with E-state index < -0.39 is 5.69 Å². The molecule has 92 valence electrons. The lowest BCUT2D eigenvalue weighted by atomic mass is 10.5. The van der Waals surface area contributed by atoms with Gasteiger partial charge in [-0.15, -0.1) is 0 Å². The maximum atomic E-state index is 10.7. The van der Waals surface area contributed by atoms with Gasteiger partial charge in [0.05, 0.1) is 12.7 Å². The highest BCUT2D eigenvalue weighted by atomic mass is 16.1. The van der Waals surface area contributed by atoms with Gasteiger partial charge in [0, 0.05) is 12.3 Å². The van der Waals surface area contributed by atoms with E-state index in [0.29, 0.717) is 11.2 Å². The van der Waals surface area contributed by atoms with Crippen molar-refractivity contribution in [2.24, 2.45) is 0 Å². The number of aromatic nitrogens is 6. The van der Waals surface area contributed by atoms with Gasteiger partial charge in [0.2, 0.25) is 0 Å². The molecule has 3 aromatic rings. The molecule has 0 spiro atoms. The molecule has 18 heavy (non-hydrogen) atoms. The number of fused-ring (bicyclic) bond motifs is 1. The van der Waals surface area contributed by atoms with Gasteiger partial charge in [0.1, 0.15) is 5.52 Å². The lowest BCUT2D eigenvalue weighted by molar-refractivity contribution is 1.11. The van der Waals surface area contributed by atoms with Crippen LogP contribution in [0.1, 0.15) is 0 Å². The minimum absolute atomic E-state index is 0.168. The van der Waals surface area contributed by atoms with E-state index in [0.717, 1.165) is 0 Å². The molecule has 0 aliphatic carbocycles. The normalized spacial score (nSPS) is 9.78. The summed E-state index contributed by atoms with van der Waals surface area (Å²) >= 11 is 0. The first-order chi connectivity index (χ1) is 8.66. The third-order valence-electron chi connectivity index (χ3n) is 1.93. The van der Waals surface area contributed by atoms with Crippen LogP contribution < -0.4 is 17.0 Å². The SMILES string of the molecule is Nc1nc(=O)[nH]c2nc[nH]c12.O=c1cc[nH]cn1. The molecule has 0 atom stereocenters. The topological polar surface area (TPSA) is 146 Å². The molecular formula is C9H9N7O2. The maximum Gasteiger partial charge on any atom is 0.348 e. The molecule has 0 fully saturated rings. The van der Waals surface area contributed by atoms with Gasteiger partial charge in [0.25, 0.3) is 5.56 Å². The second kappa shape index (κ2) is 4.91. The monoisotopic (exact) mass is 247 g/mol. The van der Waals surface area contributed by atoms with Crippen LogP contribution in [0.2, 0.25) is 0 Å². The van der Waals surface area contributed by atoms with Gasteiger partial charge in [-0.2, -0.15) is 9.97 Å². The summed E-state index contributed by atoms with van der Waals surface area (Å²) in [6.45, 7) is 0. The van der Waals surface area contributed by atoms with Crippen LogP contribution in [-0.2, 0) is 0 Å². The zero-order valence-corrected chi connectivity index (χ0v) is 9.04. The molecule has 3 rings (SSSR count). The number of H-pyrrole nitrogens is 3. The first-order valence-corrected chi connectivity index (χ1v) is 4.85. The van der Waals surface area contributed by atoms with Gasteiger partial charge in [0.15, 0.2) is 11.5 Å². The molecule has 3 aromatic heterocycles. The van der Waals surface area contributed by atoms with Crippen LogP contribution >= 0.6 is 0 Å². The van der Waals surface area contributed by atoms with Crippen LogP contribution in [0.4, 0.5) is 5.82 Å². The van der Waals surface area contributed by atoms with E-state index in [-0.39, 0.29) is 11.4 Å². The molecule has 0 unspecified atom stereocenters. The van der Waals surface area contributed by atoms with Crippen molar-refractivity contribution >= 4 is 17.0 Å². The highest BCUT2D eigenvalue weighted by Crippen LogP contribution is 2.07. The quantitative estimate of drug-likeness (QED) is 0.400. The zero-order chi connectivity index (χ0) is 13.0. The summed E-state index contributed by atoms with van der Waals surface area (Å²) in [5.41, 5.74) is 5.70. The first-order valence-electron chi connectivity index (χ1n) is 4.85. The Morgan fingerprint density at radius 1 is 1.17 bits per heavy atom. The molecule has 0 aliphatic rings. The number of nitrogen functional groups attached to an aromatic ring is 1. The van der Waals surface area contributed by atoms with E-state index in [2.05, 4.69) is 29.9 Å². The predicted molar refractivity (Wildman–Crippen MR) is 63.8 cm³/mol. The fourth-order valence-corrected chi connectivity index (χ4v) is 1.19. The van der Waals surface area contributed by atoms with Crippen LogP contribution in [0, 0.1) is 0 Å². The fraction of sp³-hybridized carbons (Fsp3) is 0. The van der Waals surface area contributed by atoms with Crippen molar-refractivity contribution in [3.8, 4) is 0 Å². The highest BCUT2D eigenvalue weighted by Gasteiger charge is 2.01. The van der Waals surface area contributed by atoms with Crippen molar-refractivity contribution in [3.63, 3.8) is 0 Å². The largest absolute Gasteiger partial charge is 0.382 e.